The zero-order valence-corrected chi connectivity index (χ0v) is 9.12. The predicted molar refractivity (Wildman–Crippen MR) is 55.9 cm³/mol. The molecule has 72 valence electrons. The van der Waals surface area contributed by atoms with E-state index in [0.29, 0.717) is 6.61 Å². The first-order chi connectivity index (χ1) is 6.22. The first-order valence-corrected chi connectivity index (χ1v) is 5.08. The van der Waals surface area contributed by atoms with Gasteiger partial charge in [-0.1, -0.05) is 22.9 Å². The summed E-state index contributed by atoms with van der Waals surface area (Å²) in [6.45, 7) is 2.29. The van der Waals surface area contributed by atoms with Crippen molar-refractivity contribution < 1.29 is 9.84 Å². The second kappa shape index (κ2) is 5.25. The van der Waals surface area contributed by atoms with Crippen molar-refractivity contribution in [2.45, 2.75) is 19.4 Å². The number of hydrogen-bond donors (Lipinski definition) is 1. The maximum atomic E-state index is 9.24. The minimum Gasteiger partial charge on any atom is -0.491 e. The lowest BCUT2D eigenvalue weighted by Gasteiger charge is -2.09. The highest BCUT2D eigenvalue weighted by Crippen LogP contribution is 2.16. The molecule has 0 aromatic heterocycles. The van der Waals surface area contributed by atoms with Gasteiger partial charge in [-0.2, -0.15) is 0 Å². The second-order valence-corrected chi connectivity index (χ2v) is 3.74. The van der Waals surface area contributed by atoms with Gasteiger partial charge in [0, 0.05) is 4.47 Å². The number of aliphatic hydroxyl groups is 1. The minimum atomic E-state index is -0.372. The van der Waals surface area contributed by atoms with E-state index in [4.69, 9.17) is 4.74 Å². The Hall–Kier alpha value is -0.540. The maximum Gasteiger partial charge on any atom is 0.119 e. The Kier molecular flexibility index (Phi) is 4.25. The van der Waals surface area contributed by atoms with Crippen molar-refractivity contribution in [1.29, 1.82) is 0 Å². The molecule has 0 aliphatic rings. The van der Waals surface area contributed by atoms with Crippen molar-refractivity contribution in [3.8, 4) is 5.75 Å². The van der Waals surface area contributed by atoms with Gasteiger partial charge in [0.05, 0.1) is 6.10 Å². The molecule has 0 spiro atoms. The number of hydrogen-bond acceptors (Lipinski definition) is 2. The summed E-state index contributed by atoms with van der Waals surface area (Å²) in [5.41, 5.74) is 0. The molecule has 1 rings (SSSR count). The van der Waals surface area contributed by atoms with Crippen LogP contribution in [0.5, 0.6) is 5.75 Å². The second-order valence-electron chi connectivity index (χ2n) is 2.83. The van der Waals surface area contributed by atoms with E-state index in [-0.39, 0.29) is 6.10 Å². The largest absolute Gasteiger partial charge is 0.491 e. The number of rotatable bonds is 4. The highest BCUT2D eigenvalue weighted by atomic mass is 79.9. The Morgan fingerprint density at radius 1 is 1.38 bits per heavy atom. The maximum absolute atomic E-state index is 9.24. The molecule has 0 bridgehead atoms. The molecule has 0 amide bonds. The summed E-state index contributed by atoms with van der Waals surface area (Å²) in [5.74, 6) is 0.788. The van der Waals surface area contributed by atoms with E-state index in [0.717, 1.165) is 16.6 Å². The lowest BCUT2D eigenvalue weighted by molar-refractivity contribution is 0.104. The van der Waals surface area contributed by atoms with E-state index >= 15 is 0 Å². The topological polar surface area (TPSA) is 29.5 Å². The minimum absolute atomic E-state index is 0.359. The van der Waals surface area contributed by atoms with Gasteiger partial charge in [0.25, 0.3) is 0 Å². The zero-order valence-electron chi connectivity index (χ0n) is 7.53. The molecular formula is C10H13BrO2. The molecule has 0 aliphatic carbocycles. The van der Waals surface area contributed by atoms with Crippen LogP contribution in [0.1, 0.15) is 13.3 Å². The molecule has 3 heteroatoms. The van der Waals surface area contributed by atoms with Crippen LogP contribution in [0.4, 0.5) is 0 Å². The van der Waals surface area contributed by atoms with Gasteiger partial charge in [0.1, 0.15) is 12.4 Å². The van der Waals surface area contributed by atoms with Gasteiger partial charge >= 0.3 is 0 Å². The highest BCUT2D eigenvalue weighted by Gasteiger charge is 2.01. The fourth-order valence-electron chi connectivity index (χ4n) is 0.841. The van der Waals surface area contributed by atoms with Gasteiger partial charge in [-0.3, -0.25) is 0 Å². The molecule has 0 fully saturated rings. The quantitative estimate of drug-likeness (QED) is 0.883. The van der Waals surface area contributed by atoms with Crippen LogP contribution in [0, 0.1) is 0 Å². The summed E-state index contributed by atoms with van der Waals surface area (Å²) < 4.78 is 6.37. The number of ether oxygens (including phenoxy) is 1. The van der Waals surface area contributed by atoms with Crippen LogP contribution >= 0.6 is 15.9 Å². The van der Waals surface area contributed by atoms with E-state index < -0.39 is 0 Å². The van der Waals surface area contributed by atoms with Crippen LogP contribution in [-0.4, -0.2) is 17.8 Å². The van der Waals surface area contributed by atoms with Crippen molar-refractivity contribution in [2.75, 3.05) is 6.61 Å². The third kappa shape index (κ3) is 3.79. The van der Waals surface area contributed by atoms with Crippen molar-refractivity contribution in [3.63, 3.8) is 0 Å². The van der Waals surface area contributed by atoms with Gasteiger partial charge in [0.15, 0.2) is 0 Å². The Bertz CT molecular complexity index is 246. The highest BCUT2D eigenvalue weighted by molar-refractivity contribution is 9.10. The number of benzene rings is 1. The van der Waals surface area contributed by atoms with Crippen LogP contribution < -0.4 is 4.74 Å². The normalized spacial score (nSPS) is 12.5. The van der Waals surface area contributed by atoms with Crippen LogP contribution in [-0.2, 0) is 0 Å². The fourth-order valence-corrected chi connectivity index (χ4v) is 1.11. The summed E-state index contributed by atoms with van der Waals surface area (Å²) >= 11 is 3.33. The summed E-state index contributed by atoms with van der Waals surface area (Å²) in [4.78, 5) is 0. The Labute approximate surface area is 86.7 Å². The van der Waals surface area contributed by atoms with Gasteiger partial charge in [0.2, 0.25) is 0 Å². The van der Waals surface area contributed by atoms with Gasteiger partial charge in [-0.15, -0.1) is 0 Å². The Morgan fingerprint density at radius 2 is 2.00 bits per heavy atom. The van der Waals surface area contributed by atoms with E-state index in [1.165, 1.54) is 0 Å². The molecule has 0 saturated heterocycles. The average Bonchev–Trinajstić information content (AvgIpc) is 2.16. The summed E-state index contributed by atoms with van der Waals surface area (Å²) in [6, 6.07) is 7.56. The third-order valence-electron chi connectivity index (χ3n) is 1.73. The first-order valence-electron chi connectivity index (χ1n) is 4.28. The predicted octanol–water partition coefficient (Wildman–Crippen LogP) is 2.60. The van der Waals surface area contributed by atoms with Gasteiger partial charge in [-0.05, 0) is 30.7 Å². The average molecular weight is 245 g/mol. The Balaban J connectivity index is 2.41. The van der Waals surface area contributed by atoms with Crippen LogP contribution in [0.2, 0.25) is 0 Å². The lowest BCUT2D eigenvalue weighted by atomic mass is 10.3. The SMILES string of the molecule is CCC(O)COc1ccc(Br)cc1. The van der Waals surface area contributed by atoms with Crippen molar-refractivity contribution in [3.05, 3.63) is 28.7 Å². The molecular weight excluding hydrogens is 232 g/mol. The molecule has 1 aromatic carbocycles. The smallest absolute Gasteiger partial charge is 0.119 e. The summed E-state index contributed by atoms with van der Waals surface area (Å²) in [6.07, 6.45) is 0.347. The van der Waals surface area contributed by atoms with E-state index in [2.05, 4.69) is 15.9 Å². The van der Waals surface area contributed by atoms with Gasteiger partial charge < -0.3 is 9.84 Å². The fraction of sp³-hybridized carbons (Fsp3) is 0.400. The van der Waals surface area contributed by atoms with Crippen molar-refractivity contribution in [2.24, 2.45) is 0 Å². The molecule has 1 N–H and O–H groups in total. The molecule has 2 nitrogen and oxygen atoms in total. The number of halogens is 1. The summed E-state index contributed by atoms with van der Waals surface area (Å²) in [7, 11) is 0. The molecule has 0 radical (unpaired) electrons. The van der Waals surface area contributed by atoms with Crippen molar-refractivity contribution >= 4 is 15.9 Å². The van der Waals surface area contributed by atoms with Crippen molar-refractivity contribution in [1.82, 2.24) is 0 Å². The van der Waals surface area contributed by atoms with Crippen LogP contribution in [0.25, 0.3) is 0 Å². The summed E-state index contributed by atoms with van der Waals surface area (Å²) in [5, 5.41) is 9.24. The molecule has 1 aromatic rings. The Morgan fingerprint density at radius 3 is 2.54 bits per heavy atom. The molecule has 13 heavy (non-hydrogen) atoms. The van der Waals surface area contributed by atoms with E-state index in [9.17, 15) is 5.11 Å². The molecule has 1 atom stereocenters. The first kappa shape index (κ1) is 10.5. The molecule has 0 saturated carbocycles. The van der Waals surface area contributed by atoms with Crippen LogP contribution in [0.3, 0.4) is 0 Å². The number of aliphatic hydroxyl groups excluding tert-OH is 1. The molecule has 0 aliphatic heterocycles. The lowest BCUT2D eigenvalue weighted by Crippen LogP contribution is -2.15. The van der Waals surface area contributed by atoms with E-state index in [1.807, 2.05) is 31.2 Å². The molecule has 1 unspecified atom stereocenters. The zero-order chi connectivity index (χ0) is 9.68. The third-order valence-corrected chi connectivity index (χ3v) is 2.26. The van der Waals surface area contributed by atoms with E-state index in [1.54, 1.807) is 0 Å². The standard InChI is InChI=1S/C10H13BrO2/c1-2-9(12)7-13-10-5-3-8(11)4-6-10/h3-6,9,12H,2,7H2,1H3. The molecule has 0 heterocycles. The van der Waals surface area contributed by atoms with Crippen LogP contribution in [0.15, 0.2) is 28.7 Å². The van der Waals surface area contributed by atoms with Gasteiger partial charge in [-0.25, -0.2) is 0 Å². The monoisotopic (exact) mass is 244 g/mol.